The number of rotatable bonds is 3. The van der Waals surface area contributed by atoms with Crippen molar-refractivity contribution in [3.05, 3.63) is 69.4 Å². The molecular weight excluding hydrogens is 293 g/mol. The van der Waals surface area contributed by atoms with Gasteiger partial charge in [-0.2, -0.15) is 0 Å². The van der Waals surface area contributed by atoms with E-state index in [1.807, 2.05) is 0 Å². The molecule has 0 bridgehead atoms. The van der Waals surface area contributed by atoms with Crippen LogP contribution in [0.3, 0.4) is 0 Å². The number of hydrogen-bond donors (Lipinski definition) is 2. The zero-order valence-electron chi connectivity index (χ0n) is 10.7. The number of hydrogen-bond acceptors (Lipinski definition) is 4. The molecule has 0 radical (unpaired) electrons. The number of amides is 1. The van der Waals surface area contributed by atoms with Gasteiger partial charge in [-0.3, -0.25) is 9.59 Å². The summed E-state index contributed by atoms with van der Waals surface area (Å²) >= 11 is 1.23. The van der Waals surface area contributed by atoms with Crippen molar-refractivity contribution in [3.63, 3.8) is 0 Å². The fourth-order valence-electron chi connectivity index (χ4n) is 2.22. The summed E-state index contributed by atoms with van der Waals surface area (Å²) in [6.45, 7) is 0. The summed E-state index contributed by atoms with van der Waals surface area (Å²) in [7, 11) is 0. The molecule has 0 aliphatic carbocycles. The van der Waals surface area contributed by atoms with Crippen molar-refractivity contribution in [2.45, 2.75) is 6.04 Å². The van der Waals surface area contributed by atoms with Crippen LogP contribution in [0.1, 0.15) is 21.3 Å². The van der Waals surface area contributed by atoms with Gasteiger partial charge >= 0.3 is 0 Å². The number of halogens is 1. The molecule has 4 nitrogen and oxygen atoms in total. The zero-order valence-corrected chi connectivity index (χ0v) is 11.5. The van der Waals surface area contributed by atoms with E-state index in [1.54, 1.807) is 17.5 Å². The summed E-state index contributed by atoms with van der Waals surface area (Å²) < 4.78 is 13.0. The lowest BCUT2D eigenvalue weighted by atomic mass is 9.96. The Balaban J connectivity index is 2.03. The van der Waals surface area contributed by atoms with Crippen molar-refractivity contribution in [2.24, 2.45) is 0 Å². The van der Waals surface area contributed by atoms with Gasteiger partial charge in [-0.15, -0.1) is 11.3 Å². The number of Topliss-reactive ketones (excluding diaryl/α,β-unsaturated/α-hetero) is 1. The molecule has 21 heavy (non-hydrogen) atoms. The van der Waals surface area contributed by atoms with E-state index in [0.29, 0.717) is 10.4 Å². The first-order valence-electron chi connectivity index (χ1n) is 6.15. The average Bonchev–Trinajstić information content (AvgIpc) is 3.09. The Morgan fingerprint density at radius 1 is 1.24 bits per heavy atom. The predicted molar refractivity (Wildman–Crippen MR) is 75.6 cm³/mol. The molecule has 2 N–H and O–H groups in total. The molecule has 0 unspecified atom stereocenters. The van der Waals surface area contributed by atoms with Crippen molar-refractivity contribution in [3.8, 4) is 0 Å². The molecule has 1 aromatic heterocycles. The van der Waals surface area contributed by atoms with E-state index in [9.17, 15) is 19.1 Å². The van der Waals surface area contributed by atoms with Crippen molar-refractivity contribution in [1.82, 2.24) is 5.32 Å². The van der Waals surface area contributed by atoms with E-state index in [4.69, 9.17) is 0 Å². The van der Waals surface area contributed by atoms with Crippen molar-refractivity contribution >= 4 is 23.0 Å². The maximum atomic E-state index is 13.0. The summed E-state index contributed by atoms with van der Waals surface area (Å²) in [6, 6.07) is 7.99. The molecule has 1 aromatic carbocycles. The first-order chi connectivity index (χ1) is 10.1. The Hall–Kier alpha value is -2.47. The van der Waals surface area contributed by atoms with Gasteiger partial charge in [-0.1, -0.05) is 18.2 Å². The van der Waals surface area contributed by atoms with Crippen molar-refractivity contribution in [1.29, 1.82) is 0 Å². The van der Waals surface area contributed by atoms with Gasteiger partial charge in [0.1, 0.15) is 5.82 Å². The van der Waals surface area contributed by atoms with Crippen molar-refractivity contribution < 1.29 is 19.1 Å². The minimum atomic E-state index is -0.771. The highest BCUT2D eigenvalue weighted by Crippen LogP contribution is 2.32. The molecule has 106 valence electrons. The Morgan fingerprint density at radius 3 is 2.57 bits per heavy atom. The van der Waals surface area contributed by atoms with Crippen LogP contribution in [0.5, 0.6) is 0 Å². The van der Waals surface area contributed by atoms with Gasteiger partial charge in [0.05, 0.1) is 16.5 Å². The monoisotopic (exact) mass is 303 g/mol. The van der Waals surface area contributed by atoms with Crippen LogP contribution >= 0.6 is 11.3 Å². The summed E-state index contributed by atoms with van der Waals surface area (Å²) in [5.41, 5.74) is 0.530. The lowest BCUT2D eigenvalue weighted by molar-refractivity contribution is -0.119. The fourth-order valence-corrected chi connectivity index (χ4v) is 2.89. The quantitative estimate of drug-likeness (QED) is 0.857. The zero-order chi connectivity index (χ0) is 15.0. The standard InChI is InChI=1S/C15H10FNO3S/c16-9-5-3-8(4-6-9)12-11(14(19)15(20)17-12)13(18)10-2-1-7-21-10/h1-7,12,19H,(H,17,20)/t12-/m0/s1. The first-order valence-corrected chi connectivity index (χ1v) is 7.03. The third-order valence-electron chi connectivity index (χ3n) is 3.23. The third kappa shape index (κ3) is 2.34. The van der Waals surface area contributed by atoms with E-state index < -0.39 is 29.3 Å². The highest BCUT2D eigenvalue weighted by molar-refractivity contribution is 7.12. The molecule has 2 aromatic rings. The van der Waals surface area contributed by atoms with E-state index in [1.165, 1.54) is 35.6 Å². The average molecular weight is 303 g/mol. The van der Waals surface area contributed by atoms with Crippen LogP contribution < -0.4 is 5.32 Å². The molecule has 0 saturated carbocycles. The van der Waals surface area contributed by atoms with Gasteiger partial charge in [0, 0.05) is 0 Å². The first kappa shape index (κ1) is 13.5. The Labute approximate surface area is 123 Å². The second-order valence-corrected chi connectivity index (χ2v) is 5.47. The minimum absolute atomic E-state index is 0.00550. The molecule has 0 fully saturated rings. The minimum Gasteiger partial charge on any atom is -0.503 e. The van der Waals surface area contributed by atoms with Crippen LogP contribution in [-0.2, 0) is 4.79 Å². The Bertz CT molecular complexity index is 735. The number of carbonyl (C=O) groups is 2. The van der Waals surface area contributed by atoms with Crippen LogP contribution in [0.2, 0.25) is 0 Å². The highest BCUT2D eigenvalue weighted by Gasteiger charge is 2.37. The van der Waals surface area contributed by atoms with Crippen LogP contribution in [0.15, 0.2) is 53.1 Å². The van der Waals surface area contributed by atoms with Crippen LogP contribution in [0.4, 0.5) is 4.39 Å². The summed E-state index contributed by atoms with van der Waals surface area (Å²) in [5, 5.41) is 14.2. The molecule has 2 heterocycles. The van der Waals surface area contributed by atoms with E-state index >= 15 is 0 Å². The lowest BCUT2D eigenvalue weighted by Crippen LogP contribution is -2.23. The molecular formula is C15H10FNO3S. The van der Waals surface area contributed by atoms with Crippen LogP contribution in [-0.4, -0.2) is 16.8 Å². The molecule has 0 saturated heterocycles. The maximum Gasteiger partial charge on any atom is 0.287 e. The Kier molecular flexibility index (Phi) is 3.31. The molecule has 3 rings (SSSR count). The van der Waals surface area contributed by atoms with Crippen molar-refractivity contribution in [2.75, 3.05) is 0 Å². The number of benzene rings is 1. The van der Waals surface area contributed by atoms with E-state index in [-0.39, 0.29) is 5.57 Å². The van der Waals surface area contributed by atoms with Crippen LogP contribution in [0, 0.1) is 5.82 Å². The van der Waals surface area contributed by atoms with Gasteiger partial charge in [-0.25, -0.2) is 4.39 Å². The second-order valence-electron chi connectivity index (χ2n) is 4.53. The molecule has 6 heteroatoms. The van der Waals surface area contributed by atoms with Gasteiger partial charge < -0.3 is 10.4 Å². The highest BCUT2D eigenvalue weighted by atomic mass is 32.1. The fraction of sp³-hybridized carbons (Fsp3) is 0.0667. The Morgan fingerprint density at radius 2 is 1.95 bits per heavy atom. The summed E-state index contributed by atoms with van der Waals surface area (Å²) in [5.74, 6) is -2.11. The van der Waals surface area contributed by atoms with Gasteiger partial charge in [-0.05, 0) is 29.1 Å². The lowest BCUT2D eigenvalue weighted by Gasteiger charge is -2.13. The SMILES string of the molecule is O=C1N[C@@H](c2ccc(F)cc2)C(C(=O)c2cccs2)=C1O. The van der Waals surface area contributed by atoms with Gasteiger partial charge in [0.15, 0.2) is 5.76 Å². The largest absolute Gasteiger partial charge is 0.503 e. The molecule has 1 amide bonds. The van der Waals surface area contributed by atoms with E-state index in [2.05, 4.69) is 5.32 Å². The summed E-state index contributed by atoms with van der Waals surface area (Å²) in [6.07, 6.45) is 0. The third-order valence-corrected chi connectivity index (χ3v) is 4.10. The van der Waals surface area contributed by atoms with Gasteiger partial charge in [0.25, 0.3) is 5.91 Å². The second kappa shape index (κ2) is 5.14. The number of aliphatic hydroxyl groups is 1. The molecule has 1 atom stereocenters. The molecule has 1 aliphatic heterocycles. The normalized spacial score (nSPS) is 18.0. The van der Waals surface area contributed by atoms with Crippen LogP contribution in [0.25, 0.3) is 0 Å². The molecule has 0 spiro atoms. The maximum absolute atomic E-state index is 13.0. The molecule has 1 aliphatic rings. The topological polar surface area (TPSA) is 66.4 Å². The van der Waals surface area contributed by atoms with E-state index in [0.717, 1.165) is 0 Å². The number of thiophene rings is 1. The number of carbonyl (C=O) groups excluding carboxylic acids is 2. The van der Waals surface area contributed by atoms with Gasteiger partial charge in [0.2, 0.25) is 5.78 Å². The summed E-state index contributed by atoms with van der Waals surface area (Å²) in [4.78, 5) is 24.5. The number of aliphatic hydroxyl groups excluding tert-OH is 1. The smallest absolute Gasteiger partial charge is 0.287 e. The number of ketones is 1. The predicted octanol–water partition coefficient (Wildman–Crippen LogP) is 2.75. The number of nitrogens with one attached hydrogen (secondary N) is 1.